The van der Waals surface area contributed by atoms with Gasteiger partial charge in [0.05, 0.1) is 15.6 Å². The highest BCUT2D eigenvalue weighted by Gasteiger charge is 2.12. The molecule has 1 aromatic heterocycles. The summed E-state index contributed by atoms with van der Waals surface area (Å²) in [6, 6.07) is 8.28. The number of aromatic nitrogens is 1. The van der Waals surface area contributed by atoms with Gasteiger partial charge in [0, 0.05) is 38.1 Å². The van der Waals surface area contributed by atoms with E-state index in [0.29, 0.717) is 11.6 Å². The van der Waals surface area contributed by atoms with Crippen molar-refractivity contribution in [1.29, 1.82) is 0 Å². The van der Waals surface area contributed by atoms with Crippen molar-refractivity contribution in [3.05, 3.63) is 63.4 Å². The van der Waals surface area contributed by atoms with Gasteiger partial charge in [-0.3, -0.25) is 15.1 Å². The largest absolute Gasteiger partial charge is 0.369 e. The standard InChI is InChI=1S/C13H12ClN3O2/c1-16(9-10-3-2-6-15-8-10)13-5-4-11(17(18)19)7-12(13)14/h2-8H,9H2,1H3. The van der Waals surface area contributed by atoms with Crippen molar-refractivity contribution in [1.82, 2.24) is 4.98 Å². The van der Waals surface area contributed by atoms with Crippen molar-refractivity contribution in [3.63, 3.8) is 0 Å². The van der Waals surface area contributed by atoms with Gasteiger partial charge in [-0.05, 0) is 17.7 Å². The van der Waals surface area contributed by atoms with E-state index in [1.54, 1.807) is 18.5 Å². The predicted molar refractivity (Wildman–Crippen MR) is 74.5 cm³/mol. The molecule has 19 heavy (non-hydrogen) atoms. The van der Waals surface area contributed by atoms with Crippen LogP contribution in [0.2, 0.25) is 5.02 Å². The molecule has 0 aliphatic heterocycles. The molecule has 0 spiro atoms. The fraction of sp³-hybridized carbons (Fsp3) is 0.154. The number of nitro groups is 1. The van der Waals surface area contributed by atoms with E-state index in [1.165, 1.54) is 12.1 Å². The van der Waals surface area contributed by atoms with Gasteiger partial charge in [-0.25, -0.2) is 0 Å². The molecule has 98 valence electrons. The molecule has 0 saturated heterocycles. The summed E-state index contributed by atoms with van der Waals surface area (Å²) in [7, 11) is 1.88. The Morgan fingerprint density at radius 3 is 2.79 bits per heavy atom. The summed E-state index contributed by atoms with van der Waals surface area (Å²) in [6.07, 6.45) is 3.48. The quantitative estimate of drug-likeness (QED) is 0.636. The third-order valence-electron chi connectivity index (χ3n) is 2.70. The van der Waals surface area contributed by atoms with E-state index < -0.39 is 4.92 Å². The summed E-state index contributed by atoms with van der Waals surface area (Å²) < 4.78 is 0. The normalized spacial score (nSPS) is 10.2. The zero-order chi connectivity index (χ0) is 13.8. The van der Waals surface area contributed by atoms with Crippen molar-refractivity contribution >= 4 is 23.0 Å². The first kappa shape index (κ1) is 13.3. The molecule has 0 unspecified atom stereocenters. The van der Waals surface area contributed by atoms with Gasteiger partial charge < -0.3 is 4.90 Å². The number of non-ortho nitro benzene ring substituents is 1. The van der Waals surface area contributed by atoms with Crippen LogP contribution in [-0.2, 0) is 6.54 Å². The number of hydrogen-bond donors (Lipinski definition) is 0. The number of halogens is 1. The van der Waals surface area contributed by atoms with E-state index in [9.17, 15) is 10.1 Å². The van der Waals surface area contributed by atoms with Gasteiger partial charge in [-0.15, -0.1) is 0 Å². The van der Waals surface area contributed by atoms with Crippen LogP contribution < -0.4 is 4.90 Å². The second-order valence-electron chi connectivity index (χ2n) is 4.11. The summed E-state index contributed by atoms with van der Waals surface area (Å²) >= 11 is 6.07. The summed E-state index contributed by atoms with van der Waals surface area (Å²) in [6.45, 7) is 0.630. The Hall–Kier alpha value is -2.14. The maximum atomic E-state index is 10.7. The number of nitro benzene ring substituents is 1. The third kappa shape index (κ3) is 3.20. The minimum Gasteiger partial charge on any atom is -0.369 e. The van der Waals surface area contributed by atoms with E-state index in [0.717, 1.165) is 11.3 Å². The summed E-state index contributed by atoms with van der Waals surface area (Å²) in [5.41, 5.74) is 1.78. The van der Waals surface area contributed by atoms with Crippen LogP contribution in [0.3, 0.4) is 0 Å². The lowest BCUT2D eigenvalue weighted by Crippen LogP contribution is -2.16. The smallest absolute Gasteiger partial charge is 0.271 e. The molecule has 1 aromatic carbocycles. The first-order valence-electron chi connectivity index (χ1n) is 5.62. The number of nitrogens with zero attached hydrogens (tertiary/aromatic N) is 3. The van der Waals surface area contributed by atoms with Gasteiger partial charge in [0.25, 0.3) is 5.69 Å². The molecule has 2 rings (SSSR count). The van der Waals surface area contributed by atoms with Crippen LogP contribution in [0.5, 0.6) is 0 Å². The molecule has 0 amide bonds. The Morgan fingerprint density at radius 1 is 1.42 bits per heavy atom. The van der Waals surface area contributed by atoms with E-state index in [1.807, 2.05) is 24.1 Å². The highest BCUT2D eigenvalue weighted by Crippen LogP contribution is 2.29. The molecule has 0 aliphatic carbocycles. The maximum absolute atomic E-state index is 10.7. The Balaban J connectivity index is 2.20. The SMILES string of the molecule is CN(Cc1cccnc1)c1ccc([N+](=O)[O-])cc1Cl. The molecule has 0 fully saturated rings. The van der Waals surface area contributed by atoms with Crippen molar-refractivity contribution in [3.8, 4) is 0 Å². The minimum atomic E-state index is -0.462. The van der Waals surface area contributed by atoms with Gasteiger partial charge in [0.15, 0.2) is 0 Å². The molecule has 0 aliphatic rings. The Morgan fingerprint density at radius 2 is 2.21 bits per heavy atom. The summed E-state index contributed by atoms with van der Waals surface area (Å²) in [4.78, 5) is 16.2. The fourth-order valence-corrected chi connectivity index (χ4v) is 2.09. The van der Waals surface area contributed by atoms with Crippen molar-refractivity contribution in [2.75, 3.05) is 11.9 Å². The molecule has 6 heteroatoms. The first-order chi connectivity index (χ1) is 9.08. The van der Waals surface area contributed by atoms with Crippen LogP contribution in [-0.4, -0.2) is 17.0 Å². The van der Waals surface area contributed by atoms with E-state index in [2.05, 4.69) is 4.98 Å². The lowest BCUT2D eigenvalue weighted by molar-refractivity contribution is -0.384. The van der Waals surface area contributed by atoms with Gasteiger partial charge in [-0.1, -0.05) is 17.7 Å². The molecule has 0 bridgehead atoms. The van der Waals surface area contributed by atoms with Crippen LogP contribution in [0.4, 0.5) is 11.4 Å². The number of benzene rings is 1. The molecule has 0 atom stereocenters. The average Bonchev–Trinajstić information content (AvgIpc) is 2.39. The van der Waals surface area contributed by atoms with Crippen LogP contribution in [0.15, 0.2) is 42.7 Å². The van der Waals surface area contributed by atoms with Crippen LogP contribution >= 0.6 is 11.6 Å². The summed E-state index contributed by atoms with van der Waals surface area (Å²) in [5.74, 6) is 0. The number of rotatable bonds is 4. The van der Waals surface area contributed by atoms with E-state index in [-0.39, 0.29) is 5.69 Å². The molecule has 0 saturated carbocycles. The van der Waals surface area contributed by atoms with Crippen molar-refractivity contribution in [2.24, 2.45) is 0 Å². The van der Waals surface area contributed by atoms with Gasteiger partial charge >= 0.3 is 0 Å². The molecular weight excluding hydrogens is 266 g/mol. The third-order valence-corrected chi connectivity index (χ3v) is 3.00. The molecule has 5 nitrogen and oxygen atoms in total. The summed E-state index contributed by atoms with van der Waals surface area (Å²) in [5, 5.41) is 11.0. The van der Waals surface area contributed by atoms with Crippen LogP contribution in [0, 0.1) is 10.1 Å². The topological polar surface area (TPSA) is 59.3 Å². The van der Waals surface area contributed by atoms with Crippen molar-refractivity contribution < 1.29 is 4.92 Å². The molecule has 0 radical (unpaired) electrons. The maximum Gasteiger partial charge on any atom is 0.271 e. The Kier molecular flexibility index (Phi) is 3.97. The highest BCUT2D eigenvalue weighted by molar-refractivity contribution is 6.33. The second kappa shape index (κ2) is 5.67. The number of pyridine rings is 1. The zero-order valence-corrected chi connectivity index (χ0v) is 11.0. The predicted octanol–water partition coefficient (Wildman–Crippen LogP) is 3.28. The fourth-order valence-electron chi connectivity index (χ4n) is 1.77. The van der Waals surface area contributed by atoms with Crippen LogP contribution in [0.1, 0.15) is 5.56 Å². The number of anilines is 1. The Labute approximate surface area is 115 Å². The van der Waals surface area contributed by atoms with Crippen molar-refractivity contribution in [2.45, 2.75) is 6.54 Å². The Bertz CT molecular complexity index is 590. The lowest BCUT2D eigenvalue weighted by atomic mass is 10.2. The highest BCUT2D eigenvalue weighted by atomic mass is 35.5. The molecule has 1 heterocycles. The zero-order valence-electron chi connectivity index (χ0n) is 10.3. The number of hydrogen-bond acceptors (Lipinski definition) is 4. The lowest BCUT2D eigenvalue weighted by Gasteiger charge is -2.20. The molecule has 2 aromatic rings. The molecular formula is C13H12ClN3O2. The van der Waals surface area contributed by atoms with E-state index in [4.69, 9.17) is 11.6 Å². The van der Waals surface area contributed by atoms with Crippen LogP contribution in [0.25, 0.3) is 0 Å². The second-order valence-corrected chi connectivity index (χ2v) is 4.52. The molecule has 0 N–H and O–H groups in total. The minimum absolute atomic E-state index is 0.0106. The van der Waals surface area contributed by atoms with E-state index >= 15 is 0 Å². The van der Waals surface area contributed by atoms with Gasteiger partial charge in [0.2, 0.25) is 0 Å². The monoisotopic (exact) mass is 277 g/mol. The van der Waals surface area contributed by atoms with Gasteiger partial charge in [-0.2, -0.15) is 0 Å². The van der Waals surface area contributed by atoms with Gasteiger partial charge in [0.1, 0.15) is 0 Å². The first-order valence-corrected chi connectivity index (χ1v) is 5.99. The average molecular weight is 278 g/mol.